The fourth-order valence-corrected chi connectivity index (χ4v) is 2.75. The van der Waals surface area contributed by atoms with Gasteiger partial charge in [-0.3, -0.25) is 4.79 Å². The molecule has 1 aromatic rings. The number of esters is 1. The van der Waals surface area contributed by atoms with Gasteiger partial charge < -0.3 is 9.64 Å². The topological polar surface area (TPSA) is 29.5 Å². The number of methoxy groups -OCH3 is 1. The molecule has 2 rings (SSSR count). The molecule has 1 saturated heterocycles. The molecule has 2 unspecified atom stereocenters. The lowest BCUT2D eigenvalue weighted by Gasteiger charge is -2.28. The Morgan fingerprint density at radius 1 is 1.44 bits per heavy atom. The van der Waals surface area contributed by atoms with Gasteiger partial charge in [-0.1, -0.05) is 25.1 Å². The van der Waals surface area contributed by atoms with Gasteiger partial charge in [0.25, 0.3) is 0 Å². The molecule has 3 heteroatoms. The van der Waals surface area contributed by atoms with E-state index in [1.54, 1.807) is 0 Å². The van der Waals surface area contributed by atoms with Crippen LogP contribution in [0.15, 0.2) is 30.3 Å². The first kappa shape index (κ1) is 12.9. The Bertz CT molecular complexity index is 391. The van der Waals surface area contributed by atoms with E-state index in [0.29, 0.717) is 6.04 Å². The molecule has 1 aromatic carbocycles. The summed E-state index contributed by atoms with van der Waals surface area (Å²) in [7, 11) is 1.46. The zero-order valence-corrected chi connectivity index (χ0v) is 11.1. The molecule has 0 spiro atoms. The van der Waals surface area contributed by atoms with Gasteiger partial charge in [0.1, 0.15) is 0 Å². The summed E-state index contributed by atoms with van der Waals surface area (Å²) in [6.07, 6.45) is 3.24. The van der Waals surface area contributed by atoms with E-state index in [2.05, 4.69) is 29.2 Å². The SMILES string of the molecule is COC(=O)C(C)CC1CCCN1c1ccccc1. The quantitative estimate of drug-likeness (QED) is 0.766. The van der Waals surface area contributed by atoms with Crippen molar-refractivity contribution in [2.24, 2.45) is 5.92 Å². The molecule has 0 N–H and O–H groups in total. The van der Waals surface area contributed by atoms with Gasteiger partial charge in [-0.25, -0.2) is 0 Å². The van der Waals surface area contributed by atoms with Crippen LogP contribution in [0.25, 0.3) is 0 Å². The predicted octanol–water partition coefficient (Wildman–Crippen LogP) is 2.85. The van der Waals surface area contributed by atoms with E-state index in [0.717, 1.165) is 19.4 Å². The average molecular weight is 247 g/mol. The third-order valence-electron chi connectivity index (χ3n) is 3.69. The predicted molar refractivity (Wildman–Crippen MR) is 72.6 cm³/mol. The van der Waals surface area contributed by atoms with E-state index >= 15 is 0 Å². The van der Waals surface area contributed by atoms with Crippen molar-refractivity contribution in [3.8, 4) is 0 Å². The van der Waals surface area contributed by atoms with Crippen molar-refractivity contribution < 1.29 is 9.53 Å². The standard InChI is InChI=1S/C15H21NO2/c1-12(15(17)18-2)11-14-9-6-10-16(14)13-7-4-3-5-8-13/h3-5,7-8,12,14H,6,9-11H2,1-2H3. The van der Waals surface area contributed by atoms with Crippen molar-refractivity contribution in [3.63, 3.8) is 0 Å². The Balaban J connectivity index is 2.02. The summed E-state index contributed by atoms with van der Waals surface area (Å²) in [5, 5.41) is 0. The molecule has 0 amide bonds. The summed E-state index contributed by atoms with van der Waals surface area (Å²) in [6, 6.07) is 10.9. The second kappa shape index (κ2) is 5.89. The number of hydrogen-bond donors (Lipinski definition) is 0. The van der Waals surface area contributed by atoms with Crippen molar-refractivity contribution in [3.05, 3.63) is 30.3 Å². The molecule has 0 radical (unpaired) electrons. The highest BCUT2D eigenvalue weighted by Crippen LogP contribution is 2.29. The van der Waals surface area contributed by atoms with Crippen LogP contribution in [0.1, 0.15) is 26.2 Å². The Labute approximate surface area is 109 Å². The van der Waals surface area contributed by atoms with Gasteiger partial charge in [-0.15, -0.1) is 0 Å². The number of nitrogens with zero attached hydrogens (tertiary/aromatic N) is 1. The Hall–Kier alpha value is -1.51. The second-order valence-corrected chi connectivity index (χ2v) is 4.98. The third kappa shape index (κ3) is 2.84. The molecule has 0 bridgehead atoms. The fraction of sp³-hybridized carbons (Fsp3) is 0.533. The van der Waals surface area contributed by atoms with Gasteiger partial charge in [0.15, 0.2) is 0 Å². The molecule has 3 nitrogen and oxygen atoms in total. The molecule has 0 saturated carbocycles. The summed E-state index contributed by atoms with van der Waals surface area (Å²) >= 11 is 0. The van der Waals surface area contributed by atoms with E-state index in [-0.39, 0.29) is 11.9 Å². The molecule has 1 fully saturated rings. The van der Waals surface area contributed by atoms with Gasteiger partial charge in [-0.05, 0) is 31.4 Å². The van der Waals surface area contributed by atoms with Crippen LogP contribution in [-0.2, 0) is 9.53 Å². The number of hydrogen-bond acceptors (Lipinski definition) is 3. The van der Waals surface area contributed by atoms with Crippen molar-refractivity contribution in [1.82, 2.24) is 0 Å². The second-order valence-electron chi connectivity index (χ2n) is 4.98. The summed E-state index contributed by atoms with van der Waals surface area (Å²) in [4.78, 5) is 13.9. The van der Waals surface area contributed by atoms with E-state index in [4.69, 9.17) is 4.74 Å². The van der Waals surface area contributed by atoms with Gasteiger partial charge >= 0.3 is 5.97 Å². The molecule has 98 valence electrons. The first-order valence-electron chi connectivity index (χ1n) is 6.62. The first-order chi connectivity index (χ1) is 8.72. The molecule has 18 heavy (non-hydrogen) atoms. The van der Waals surface area contributed by atoms with E-state index in [9.17, 15) is 4.79 Å². The Morgan fingerprint density at radius 2 is 2.17 bits per heavy atom. The number of benzene rings is 1. The zero-order valence-electron chi connectivity index (χ0n) is 11.1. The molecular weight excluding hydrogens is 226 g/mol. The number of anilines is 1. The van der Waals surface area contributed by atoms with Gasteiger partial charge in [0, 0.05) is 18.3 Å². The number of carbonyl (C=O) groups is 1. The maximum Gasteiger partial charge on any atom is 0.308 e. The molecule has 2 atom stereocenters. The van der Waals surface area contributed by atoms with Crippen LogP contribution in [0.4, 0.5) is 5.69 Å². The number of carbonyl (C=O) groups excluding carboxylic acids is 1. The molecule has 1 heterocycles. The van der Waals surface area contributed by atoms with Crippen LogP contribution >= 0.6 is 0 Å². The van der Waals surface area contributed by atoms with Crippen molar-refractivity contribution >= 4 is 11.7 Å². The highest BCUT2D eigenvalue weighted by atomic mass is 16.5. The van der Waals surface area contributed by atoms with E-state index < -0.39 is 0 Å². The van der Waals surface area contributed by atoms with E-state index in [1.165, 1.54) is 19.2 Å². The first-order valence-corrected chi connectivity index (χ1v) is 6.62. The molecule has 0 aliphatic carbocycles. The van der Waals surface area contributed by atoms with Crippen LogP contribution in [0, 0.1) is 5.92 Å². The van der Waals surface area contributed by atoms with E-state index in [1.807, 2.05) is 13.0 Å². The summed E-state index contributed by atoms with van der Waals surface area (Å²) in [5.41, 5.74) is 1.26. The van der Waals surface area contributed by atoms with Gasteiger partial charge in [0.05, 0.1) is 13.0 Å². The number of ether oxygens (including phenoxy) is 1. The lowest BCUT2D eigenvalue weighted by molar-refractivity contribution is -0.145. The largest absolute Gasteiger partial charge is 0.469 e. The minimum Gasteiger partial charge on any atom is -0.469 e. The molecule has 1 aliphatic heterocycles. The number of para-hydroxylation sites is 1. The molecule has 1 aliphatic rings. The summed E-state index contributed by atoms with van der Waals surface area (Å²) in [5.74, 6) is -0.126. The monoisotopic (exact) mass is 247 g/mol. The summed E-state index contributed by atoms with van der Waals surface area (Å²) in [6.45, 7) is 3.04. The third-order valence-corrected chi connectivity index (χ3v) is 3.69. The van der Waals surface area contributed by atoms with Crippen LogP contribution in [0.3, 0.4) is 0 Å². The Morgan fingerprint density at radius 3 is 2.83 bits per heavy atom. The normalized spacial score (nSPS) is 20.8. The minimum atomic E-state index is -0.102. The average Bonchev–Trinajstić information content (AvgIpc) is 2.86. The smallest absolute Gasteiger partial charge is 0.308 e. The maximum absolute atomic E-state index is 11.5. The zero-order chi connectivity index (χ0) is 13.0. The number of rotatable bonds is 4. The fourth-order valence-electron chi connectivity index (χ4n) is 2.75. The van der Waals surface area contributed by atoms with Crippen LogP contribution in [0.5, 0.6) is 0 Å². The highest BCUT2D eigenvalue weighted by Gasteiger charge is 2.28. The minimum absolute atomic E-state index is 0.0238. The van der Waals surface area contributed by atoms with Crippen LogP contribution in [0.2, 0.25) is 0 Å². The van der Waals surface area contributed by atoms with Crippen LogP contribution in [-0.4, -0.2) is 25.7 Å². The van der Waals surface area contributed by atoms with Crippen molar-refractivity contribution in [1.29, 1.82) is 0 Å². The van der Waals surface area contributed by atoms with Crippen molar-refractivity contribution in [2.75, 3.05) is 18.6 Å². The maximum atomic E-state index is 11.5. The highest BCUT2D eigenvalue weighted by molar-refractivity contribution is 5.72. The lowest BCUT2D eigenvalue weighted by atomic mass is 10.00. The van der Waals surface area contributed by atoms with Gasteiger partial charge in [-0.2, -0.15) is 0 Å². The van der Waals surface area contributed by atoms with Crippen LogP contribution < -0.4 is 4.90 Å². The Kier molecular flexibility index (Phi) is 4.24. The van der Waals surface area contributed by atoms with Crippen molar-refractivity contribution in [2.45, 2.75) is 32.2 Å². The molecular formula is C15H21NO2. The van der Waals surface area contributed by atoms with Gasteiger partial charge in [0.2, 0.25) is 0 Å². The molecule has 0 aromatic heterocycles. The summed E-state index contributed by atoms with van der Waals surface area (Å²) < 4.78 is 4.81. The lowest BCUT2D eigenvalue weighted by Crippen LogP contribution is -2.32.